The summed E-state index contributed by atoms with van der Waals surface area (Å²) in [7, 11) is 0. The van der Waals surface area contributed by atoms with E-state index in [-0.39, 0.29) is 24.0 Å². The van der Waals surface area contributed by atoms with Crippen molar-refractivity contribution in [1.82, 2.24) is 0 Å². The first kappa shape index (κ1) is 11.7. The number of aliphatic hydroxyl groups is 2. The molecule has 1 aliphatic rings. The van der Waals surface area contributed by atoms with E-state index in [0.29, 0.717) is 0 Å². The Morgan fingerprint density at radius 1 is 1.21 bits per heavy atom. The van der Waals surface area contributed by atoms with Gasteiger partial charge in [-0.3, -0.25) is 0 Å². The molecule has 14 heavy (non-hydrogen) atoms. The normalized spacial score (nSPS) is 38.2. The molecule has 0 heterocycles. The van der Waals surface area contributed by atoms with Crippen LogP contribution in [0.3, 0.4) is 0 Å². The van der Waals surface area contributed by atoms with Gasteiger partial charge in [0.1, 0.15) is 0 Å². The lowest BCUT2D eigenvalue weighted by atomic mass is 9.77. The Balaban J connectivity index is 2.68. The van der Waals surface area contributed by atoms with E-state index in [2.05, 4.69) is 6.92 Å². The van der Waals surface area contributed by atoms with Crippen molar-refractivity contribution in [2.75, 3.05) is 0 Å². The predicted molar refractivity (Wildman–Crippen MR) is 57.9 cm³/mol. The number of hydrogen-bond donors (Lipinski definition) is 2. The second kappa shape index (κ2) is 4.94. The molecule has 1 aliphatic carbocycles. The fraction of sp³-hybridized carbons (Fsp3) is 0.833. The summed E-state index contributed by atoms with van der Waals surface area (Å²) in [4.78, 5) is 0. The first-order valence-corrected chi connectivity index (χ1v) is 5.64. The van der Waals surface area contributed by atoms with Crippen molar-refractivity contribution < 1.29 is 10.2 Å². The maximum absolute atomic E-state index is 9.97. The maximum atomic E-state index is 9.97. The summed E-state index contributed by atoms with van der Waals surface area (Å²) in [6, 6.07) is 0. The predicted octanol–water partition coefficient (Wildman–Crippen LogP) is 2.11. The molecule has 2 heteroatoms. The van der Waals surface area contributed by atoms with Gasteiger partial charge < -0.3 is 10.2 Å². The van der Waals surface area contributed by atoms with E-state index in [1.807, 2.05) is 19.9 Å². The molecule has 0 aliphatic heterocycles. The zero-order valence-electron chi connectivity index (χ0n) is 9.40. The maximum Gasteiger partial charge on any atom is 0.0780 e. The minimum Gasteiger partial charge on any atom is -0.389 e. The Kier molecular flexibility index (Phi) is 4.14. The van der Waals surface area contributed by atoms with Gasteiger partial charge in [0.25, 0.3) is 0 Å². The van der Waals surface area contributed by atoms with Gasteiger partial charge in [-0.2, -0.15) is 0 Å². The van der Waals surface area contributed by atoms with Gasteiger partial charge in [-0.1, -0.05) is 33.3 Å². The van der Waals surface area contributed by atoms with Crippen molar-refractivity contribution in [2.24, 2.45) is 11.8 Å². The van der Waals surface area contributed by atoms with Crippen LogP contribution >= 0.6 is 0 Å². The SMILES string of the molecule is CCCCC1=CC(O)C(C)C(C)C1O. The van der Waals surface area contributed by atoms with Crippen molar-refractivity contribution in [3.05, 3.63) is 11.6 Å². The van der Waals surface area contributed by atoms with Crippen LogP contribution in [-0.4, -0.2) is 22.4 Å². The Hall–Kier alpha value is -0.340. The second-order valence-electron chi connectivity index (χ2n) is 4.50. The number of rotatable bonds is 3. The number of aliphatic hydroxyl groups excluding tert-OH is 2. The lowest BCUT2D eigenvalue weighted by molar-refractivity contribution is 0.0409. The summed E-state index contributed by atoms with van der Waals surface area (Å²) >= 11 is 0. The molecule has 0 fully saturated rings. The quantitative estimate of drug-likeness (QED) is 0.682. The molecular formula is C12H22O2. The molecule has 0 aromatic carbocycles. The van der Waals surface area contributed by atoms with E-state index in [0.717, 1.165) is 24.8 Å². The van der Waals surface area contributed by atoms with Gasteiger partial charge in [0.05, 0.1) is 12.2 Å². The highest BCUT2D eigenvalue weighted by Gasteiger charge is 2.32. The Bertz CT molecular complexity index is 210. The minimum atomic E-state index is -0.375. The van der Waals surface area contributed by atoms with E-state index >= 15 is 0 Å². The fourth-order valence-corrected chi connectivity index (χ4v) is 2.02. The van der Waals surface area contributed by atoms with Crippen molar-refractivity contribution >= 4 is 0 Å². The van der Waals surface area contributed by atoms with Gasteiger partial charge in [0.2, 0.25) is 0 Å². The zero-order valence-corrected chi connectivity index (χ0v) is 9.40. The van der Waals surface area contributed by atoms with Crippen LogP contribution in [0.25, 0.3) is 0 Å². The van der Waals surface area contributed by atoms with Gasteiger partial charge in [0.15, 0.2) is 0 Å². The highest BCUT2D eigenvalue weighted by Crippen LogP contribution is 2.31. The molecule has 0 radical (unpaired) electrons. The zero-order chi connectivity index (χ0) is 10.7. The second-order valence-corrected chi connectivity index (χ2v) is 4.50. The average Bonchev–Trinajstić information content (AvgIpc) is 2.18. The fourth-order valence-electron chi connectivity index (χ4n) is 2.02. The summed E-state index contributed by atoms with van der Waals surface area (Å²) in [5.41, 5.74) is 1.03. The summed E-state index contributed by atoms with van der Waals surface area (Å²) in [6.07, 6.45) is 4.28. The Morgan fingerprint density at radius 3 is 2.43 bits per heavy atom. The summed E-state index contributed by atoms with van der Waals surface area (Å²) < 4.78 is 0. The largest absolute Gasteiger partial charge is 0.389 e. The minimum absolute atomic E-state index is 0.162. The van der Waals surface area contributed by atoms with Crippen molar-refractivity contribution in [2.45, 2.75) is 52.2 Å². The van der Waals surface area contributed by atoms with E-state index in [9.17, 15) is 10.2 Å². The molecule has 82 valence electrons. The van der Waals surface area contributed by atoms with Crippen LogP contribution < -0.4 is 0 Å². The molecule has 1 rings (SSSR count). The van der Waals surface area contributed by atoms with Crippen LogP contribution in [0.1, 0.15) is 40.0 Å². The standard InChI is InChI=1S/C12H22O2/c1-4-5-6-10-7-11(13)8(2)9(3)12(10)14/h7-9,11-14H,4-6H2,1-3H3. The van der Waals surface area contributed by atoms with Gasteiger partial charge in [0, 0.05) is 0 Å². The van der Waals surface area contributed by atoms with Crippen LogP contribution in [-0.2, 0) is 0 Å². The van der Waals surface area contributed by atoms with Crippen molar-refractivity contribution in [1.29, 1.82) is 0 Å². The lowest BCUT2D eigenvalue weighted by Crippen LogP contribution is -2.37. The molecule has 4 atom stereocenters. The number of unbranched alkanes of at least 4 members (excludes halogenated alkanes) is 1. The lowest BCUT2D eigenvalue weighted by Gasteiger charge is -2.34. The van der Waals surface area contributed by atoms with E-state index in [1.54, 1.807) is 0 Å². The molecule has 2 N–H and O–H groups in total. The number of hydrogen-bond acceptors (Lipinski definition) is 2. The summed E-state index contributed by atoms with van der Waals surface area (Å²) in [6.45, 7) is 6.14. The first-order valence-electron chi connectivity index (χ1n) is 5.64. The Morgan fingerprint density at radius 2 is 1.86 bits per heavy atom. The molecule has 0 spiro atoms. The molecule has 0 saturated heterocycles. The molecule has 2 nitrogen and oxygen atoms in total. The topological polar surface area (TPSA) is 40.5 Å². The van der Waals surface area contributed by atoms with Crippen LogP contribution in [0.2, 0.25) is 0 Å². The molecule has 0 amide bonds. The summed E-state index contributed by atoms with van der Waals surface area (Å²) in [5, 5.41) is 19.7. The molecule has 0 aromatic rings. The summed E-state index contributed by atoms with van der Waals surface area (Å²) in [5.74, 6) is 0.331. The van der Waals surface area contributed by atoms with Gasteiger partial charge in [-0.25, -0.2) is 0 Å². The van der Waals surface area contributed by atoms with E-state index in [1.165, 1.54) is 0 Å². The van der Waals surface area contributed by atoms with Crippen LogP contribution in [0.4, 0.5) is 0 Å². The smallest absolute Gasteiger partial charge is 0.0780 e. The van der Waals surface area contributed by atoms with Crippen LogP contribution in [0.5, 0.6) is 0 Å². The van der Waals surface area contributed by atoms with E-state index < -0.39 is 0 Å². The molecule has 0 bridgehead atoms. The van der Waals surface area contributed by atoms with Crippen LogP contribution in [0, 0.1) is 11.8 Å². The third-order valence-electron chi connectivity index (χ3n) is 3.45. The van der Waals surface area contributed by atoms with Crippen molar-refractivity contribution in [3.8, 4) is 0 Å². The highest BCUT2D eigenvalue weighted by molar-refractivity contribution is 5.17. The average molecular weight is 198 g/mol. The molecule has 0 saturated carbocycles. The molecular weight excluding hydrogens is 176 g/mol. The van der Waals surface area contributed by atoms with Gasteiger partial charge >= 0.3 is 0 Å². The van der Waals surface area contributed by atoms with Crippen molar-refractivity contribution in [3.63, 3.8) is 0 Å². The third-order valence-corrected chi connectivity index (χ3v) is 3.45. The first-order chi connectivity index (χ1) is 6.57. The highest BCUT2D eigenvalue weighted by atomic mass is 16.3. The van der Waals surface area contributed by atoms with Gasteiger partial charge in [-0.05, 0) is 30.3 Å². The molecule has 4 unspecified atom stereocenters. The van der Waals surface area contributed by atoms with Gasteiger partial charge in [-0.15, -0.1) is 0 Å². The Labute approximate surface area is 86.6 Å². The van der Waals surface area contributed by atoms with Crippen LogP contribution in [0.15, 0.2) is 11.6 Å². The third kappa shape index (κ3) is 2.37. The van der Waals surface area contributed by atoms with E-state index in [4.69, 9.17) is 0 Å². The molecule has 0 aromatic heterocycles. The monoisotopic (exact) mass is 198 g/mol.